The van der Waals surface area contributed by atoms with Crippen molar-refractivity contribution < 1.29 is 11.3 Å². The van der Waals surface area contributed by atoms with E-state index in [2.05, 4.69) is 112 Å². The molecular weight excluding hydrogens is 564 g/mol. The Balaban J connectivity index is 0.00000211. The van der Waals surface area contributed by atoms with Crippen molar-refractivity contribution in [2.24, 2.45) is 5.41 Å². The largest absolute Gasteiger partial charge is 0.501 e. The Hall–Kier alpha value is -3.50. The van der Waals surface area contributed by atoms with E-state index >= 15 is 0 Å². The van der Waals surface area contributed by atoms with Gasteiger partial charge in [0.1, 0.15) is 5.76 Å². The van der Waals surface area contributed by atoms with Gasteiger partial charge in [0.2, 0.25) is 0 Å². The number of nitrogens with zero attached hydrogens (tertiary/aromatic N) is 2. The molecule has 0 bridgehead atoms. The summed E-state index contributed by atoms with van der Waals surface area (Å²) in [7, 11) is 1.68. The summed E-state index contributed by atoms with van der Waals surface area (Å²) in [6.07, 6.45) is 13.5. The summed E-state index contributed by atoms with van der Waals surface area (Å²) in [6, 6.07) is 12.5. The highest BCUT2D eigenvalue weighted by Crippen LogP contribution is 2.30. The Bertz CT molecular complexity index is 1430. The van der Waals surface area contributed by atoms with Crippen LogP contribution in [0.2, 0.25) is 0 Å². The molecule has 46 heavy (non-hydrogen) atoms. The van der Waals surface area contributed by atoms with Crippen LogP contribution in [0.5, 0.6) is 0 Å². The molecule has 1 unspecified atom stereocenters. The molecule has 0 saturated heterocycles. The fourth-order valence-electron chi connectivity index (χ4n) is 5.00. The number of ether oxygens (including phenoxy) is 1. The zero-order valence-corrected chi connectivity index (χ0v) is 30.7. The molecule has 254 valence electrons. The van der Waals surface area contributed by atoms with E-state index in [1.165, 1.54) is 29.5 Å². The third-order valence-electron chi connectivity index (χ3n) is 7.28. The quantitative estimate of drug-likeness (QED) is 0.116. The molecule has 1 N–H and O–H groups in total. The number of allylic oxidation sites excluding steroid dienone is 4. The second-order valence-corrected chi connectivity index (χ2v) is 13.8. The number of methoxy groups -OCH3 is 1. The number of aryl methyl sites for hydroxylation is 2. The molecule has 2 aromatic carbocycles. The van der Waals surface area contributed by atoms with Gasteiger partial charge >= 0.3 is 0 Å². The number of benzene rings is 2. The van der Waals surface area contributed by atoms with Gasteiger partial charge in [-0.2, -0.15) is 0 Å². The Morgan fingerprint density at radius 1 is 1.02 bits per heavy atom. The third-order valence-corrected chi connectivity index (χ3v) is 7.28. The second kappa shape index (κ2) is 19.9. The number of rotatable bonds is 13. The standard InChI is InChI=1S/C34H44N2O2.C5H10.C3H8.H2/c1-23(2)11-10-12-28-19-29-30(18-25(28)4)36-31(22-35-29)27-15-13-26(14-16-27)21-34(8,37)20-24(3)17-32(38-9)33(5,6)7;1-3-5-4-2;1-3-2;/h13-19,22,37H,1,3,10-12,20-21H2,2,4-9H3;3H,1,4-5H2,2H3;3H2,1-2H3;1H/b32-17-;;;. The van der Waals surface area contributed by atoms with Gasteiger partial charge in [-0.15, -0.1) is 13.2 Å². The van der Waals surface area contributed by atoms with Crippen LogP contribution in [0.4, 0.5) is 0 Å². The lowest BCUT2D eigenvalue weighted by Gasteiger charge is -2.26. The molecule has 0 radical (unpaired) electrons. The van der Waals surface area contributed by atoms with E-state index in [0.717, 1.165) is 64.9 Å². The summed E-state index contributed by atoms with van der Waals surface area (Å²) in [5, 5.41) is 11.1. The fraction of sp³-hybridized carbons (Fsp3) is 0.476. The van der Waals surface area contributed by atoms with Crippen molar-refractivity contribution in [3.05, 3.63) is 108 Å². The minimum absolute atomic E-state index is 0. The van der Waals surface area contributed by atoms with Crippen LogP contribution in [0.1, 0.15) is 112 Å². The van der Waals surface area contributed by atoms with Crippen LogP contribution in [0.15, 0.2) is 91.4 Å². The van der Waals surface area contributed by atoms with Crippen LogP contribution in [0.25, 0.3) is 22.3 Å². The maximum absolute atomic E-state index is 11.1. The summed E-state index contributed by atoms with van der Waals surface area (Å²) in [4.78, 5) is 9.62. The van der Waals surface area contributed by atoms with Crippen LogP contribution in [0.3, 0.4) is 0 Å². The highest BCUT2D eigenvalue weighted by molar-refractivity contribution is 5.79. The number of hydrogen-bond donors (Lipinski definition) is 1. The van der Waals surface area contributed by atoms with Crippen molar-refractivity contribution in [2.45, 2.75) is 119 Å². The normalized spacial score (nSPS) is 12.6. The van der Waals surface area contributed by atoms with Crippen LogP contribution in [0, 0.1) is 12.3 Å². The number of aliphatic hydroxyl groups is 1. The van der Waals surface area contributed by atoms with Crippen LogP contribution in [-0.2, 0) is 17.6 Å². The minimum Gasteiger partial charge on any atom is -0.501 e. The number of fused-ring (bicyclic) bond motifs is 1. The SMILES string of the molecule is C=C(C)CCCc1cc2ncc(-c3ccc(CC(C)(O)CC(=C)/C=C(\OC)C(C)(C)C)cc3)nc2cc1C.C=CCCC.CCC.[HH]. The zero-order valence-electron chi connectivity index (χ0n) is 30.7. The van der Waals surface area contributed by atoms with E-state index in [-0.39, 0.29) is 6.84 Å². The van der Waals surface area contributed by atoms with Crippen molar-refractivity contribution in [3.8, 4) is 11.3 Å². The van der Waals surface area contributed by atoms with Crippen molar-refractivity contribution >= 4 is 11.0 Å². The maximum Gasteiger partial charge on any atom is 0.101 e. The molecular formula is C42H64N2O2. The monoisotopic (exact) mass is 628 g/mol. The number of unbranched alkanes of at least 4 members (excludes halogenated alkanes) is 1. The van der Waals surface area contributed by atoms with E-state index in [1.54, 1.807) is 7.11 Å². The van der Waals surface area contributed by atoms with Crippen molar-refractivity contribution in [2.75, 3.05) is 7.11 Å². The van der Waals surface area contributed by atoms with E-state index in [0.29, 0.717) is 12.8 Å². The maximum atomic E-state index is 11.1. The van der Waals surface area contributed by atoms with Gasteiger partial charge in [-0.1, -0.05) is 96.9 Å². The van der Waals surface area contributed by atoms with Gasteiger partial charge in [-0.3, -0.25) is 4.98 Å². The highest BCUT2D eigenvalue weighted by Gasteiger charge is 2.24. The lowest BCUT2D eigenvalue weighted by Crippen LogP contribution is -2.27. The lowest BCUT2D eigenvalue weighted by molar-refractivity contribution is 0.0615. The number of aromatic nitrogens is 2. The molecule has 0 aliphatic carbocycles. The van der Waals surface area contributed by atoms with Crippen LogP contribution < -0.4 is 0 Å². The Kier molecular flexibility index (Phi) is 17.5. The lowest BCUT2D eigenvalue weighted by atomic mass is 9.87. The molecule has 1 aromatic heterocycles. The molecule has 0 aliphatic heterocycles. The summed E-state index contributed by atoms with van der Waals surface area (Å²) >= 11 is 0. The summed E-state index contributed by atoms with van der Waals surface area (Å²) in [6.45, 7) is 30.5. The average Bonchev–Trinajstić information content (AvgIpc) is 2.96. The molecule has 0 fully saturated rings. The van der Waals surface area contributed by atoms with Gasteiger partial charge in [0, 0.05) is 25.2 Å². The van der Waals surface area contributed by atoms with Crippen molar-refractivity contribution in [1.82, 2.24) is 9.97 Å². The molecule has 1 heterocycles. The zero-order chi connectivity index (χ0) is 34.9. The first-order valence-corrected chi connectivity index (χ1v) is 16.9. The van der Waals surface area contributed by atoms with E-state index < -0.39 is 5.60 Å². The molecule has 0 aliphatic rings. The van der Waals surface area contributed by atoms with Crippen molar-refractivity contribution in [1.29, 1.82) is 0 Å². The van der Waals surface area contributed by atoms with E-state index in [4.69, 9.17) is 14.7 Å². The highest BCUT2D eigenvalue weighted by atomic mass is 16.5. The molecule has 3 aromatic rings. The van der Waals surface area contributed by atoms with Gasteiger partial charge in [-0.25, -0.2) is 4.98 Å². The molecule has 3 rings (SSSR count). The van der Waals surface area contributed by atoms with Gasteiger partial charge in [0.15, 0.2) is 0 Å². The van der Waals surface area contributed by atoms with Gasteiger partial charge in [-0.05, 0) is 86.9 Å². The molecule has 0 spiro atoms. The molecule has 4 nitrogen and oxygen atoms in total. The second-order valence-electron chi connectivity index (χ2n) is 13.8. The van der Waals surface area contributed by atoms with Gasteiger partial charge in [0.25, 0.3) is 0 Å². The topological polar surface area (TPSA) is 55.2 Å². The molecule has 1 atom stereocenters. The third kappa shape index (κ3) is 14.7. The van der Waals surface area contributed by atoms with Gasteiger partial charge < -0.3 is 9.84 Å². The first kappa shape index (κ1) is 40.5. The molecule has 0 amide bonds. The first-order chi connectivity index (χ1) is 21.6. The number of hydrogen-bond acceptors (Lipinski definition) is 4. The summed E-state index contributed by atoms with van der Waals surface area (Å²) < 4.78 is 5.54. The van der Waals surface area contributed by atoms with Crippen LogP contribution in [-0.4, -0.2) is 27.8 Å². The smallest absolute Gasteiger partial charge is 0.101 e. The van der Waals surface area contributed by atoms with E-state index in [9.17, 15) is 5.11 Å². The Morgan fingerprint density at radius 2 is 1.65 bits per heavy atom. The minimum atomic E-state index is -0.922. The Morgan fingerprint density at radius 3 is 2.15 bits per heavy atom. The summed E-state index contributed by atoms with van der Waals surface area (Å²) in [5.41, 5.74) is 8.36. The summed E-state index contributed by atoms with van der Waals surface area (Å²) in [5.74, 6) is 0.855. The van der Waals surface area contributed by atoms with Crippen LogP contribution >= 0.6 is 0 Å². The average molecular weight is 629 g/mol. The first-order valence-electron chi connectivity index (χ1n) is 16.9. The van der Waals surface area contributed by atoms with Gasteiger partial charge in [0.05, 0.1) is 35.6 Å². The predicted octanol–water partition coefficient (Wildman–Crippen LogP) is 12.0. The molecule has 4 heteroatoms. The predicted molar refractivity (Wildman–Crippen MR) is 203 cm³/mol. The van der Waals surface area contributed by atoms with E-state index in [1.807, 2.05) is 25.3 Å². The molecule has 0 saturated carbocycles. The van der Waals surface area contributed by atoms with Crippen molar-refractivity contribution in [3.63, 3.8) is 0 Å². The Labute approximate surface area is 282 Å². The fourth-order valence-corrected chi connectivity index (χ4v) is 5.00.